The van der Waals surface area contributed by atoms with E-state index in [1.807, 2.05) is 0 Å². The molecule has 25 heavy (non-hydrogen) atoms. The van der Waals surface area contributed by atoms with Gasteiger partial charge in [0.05, 0.1) is 26.4 Å². The molecule has 0 aliphatic carbocycles. The molecule has 0 amide bonds. The van der Waals surface area contributed by atoms with Crippen LogP contribution >= 0.6 is 15.6 Å². The monoisotopic (exact) mass is 494 g/mol. The standard InChI is InChI=1S/2C3H8O3.3Ca.2H3O4P/c2*4-1-3(6)2-5;;;;2*1-5(2,3)4/h2*3-6H,1-2H2;;;;2*(H3,1,2,3,4)/q;;3*+2;;/p-6. The zero-order chi connectivity index (χ0) is 19.0. The van der Waals surface area contributed by atoms with Crippen LogP contribution in [0, 0.1) is 0 Å². The van der Waals surface area contributed by atoms with Crippen LogP contribution in [0.1, 0.15) is 0 Å². The smallest absolute Gasteiger partial charge is 0.822 e. The second-order valence-corrected chi connectivity index (χ2v) is 4.72. The predicted octanol–water partition coefficient (Wildman–Crippen LogP) is -10.1. The Morgan fingerprint density at radius 3 is 0.640 bits per heavy atom. The van der Waals surface area contributed by atoms with Crippen LogP contribution in [0.3, 0.4) is 0 Å². The molecule has 0 radical (unpaired) electrons. The van der Waals surface area contributed by atoms with Crippen LogP contribution < -0.4 is 29.4 Å². The Hall–Kier alpha value is 3.76. The average Bonchev–Trinajstić information content (AvgIpc) is 2.33. The normalized spacial score (nSPS) is 9.52. The van der Waals surface area contributed by atoms with E-state index < -0.39 is 27.9 Å². The van der Waals surface area contributed by atoms with Gasteiger partial charge < -0.3 is 69.1 Å². The Kier molecular flexibility index (Phi) is 56.1. The topological polar surface area (TPSA) is 294 Å². The molecule has 0 heterocycles. The summed E-state index contributed by atoms with van der Waals surface area (Å²) in [6, 6.07) is 0. The van der Waals surface area contributed by atoms with Crippen molar-refractivity contribution in [3.05, 3.63) is 0 Å². The van der Waals surface area contributed by atoms with Crippen molar-refractivity contribution in [3.63, 3.8) is 0 Å². The molecule has 0 spiro atoms. The molecule has 0 saturated heterocycles. The summed E-state index contributed by atoms with van der Waals surface area (Å²) in [7, 11) is -10.8. The Morgan fingerprint density at radius 2 is 0.640 bits per heavy atom. The van der Waals surface area contributed by atoms with E-state index in [9.17, 15) is 0 Å². The quantitative estimate of drug-likeness (QED) is 0.156. The largest absolute Gasteiger partial charge is 2.00 e. The molecule has 19 heteroatoms. The first-order valence-corrected chi connectivity index (χ1v) is 7.80. The zero-order valence-electron chi connectivity index (χ0n) is 12.9. The molecule has 0 aliphatic heterocycles. The first kappa shape index (κ1) is 46.8. The molecule has 0 aromatic heterocycles. The van der Waals surface area contributed by atoms with Crippen LogP contribution in [-0.2, 0) is 9.13 Å². The van der Waals surface area contributed by atoms with Gasteiger partial charge in [0.1, 0.15) is 12.2 Å². The summed E-state index contributed by atoms with van der Waals surface area (Å²) in [6.07, 6.45) is -1.91. The average molecular weight is 494 g/mol. The van der Waals surface area contributed by atoms with E-state index in [0.717, 1.165) is 0 Å². The molecular formula is C6H16Ca3O14P2. The second kappa shape index (κ2) is 30.0. The molecule has 14 nitrogen and oxygen atoms in total. The predicted molar refractivity (Wildman–Crippen MR) is 72.8 cm³/mol. The van der Waals surface area contributed by atoms with Crippen LogP contribution in [0.25, 0.3) is 0 Å². The van der Waals surface area contributed by atoms with E-state index in [-0.39, 0.29) is 140 Å². The Bertz CT molecular complexity index is 256. The van der Waals surface area contributed by atoms with Crippen molar-refractivity contribution >= 4 is 129 Å². The van der Waals surface area contributed by atoms with Crippen molar-refractivity contribution < 1.29 is 69.1 Å². The maximum absolute atomic E-state index is 8.55. The summed E-state index contributed by atoms with van der Waals surface area (Å²) in [5.41, 5.74) is 0. The van der Waals surface area contributed by atoms with Crippen molar-refractivity contribution in [3.8, 4) is 0 Å². The minimum atomic E-state index is -5.39. The number of hydrogen-bond donors (Lipinski definition) is 6. The van der Waals surface area contributed by atoms with Crippen LogP contribution in [0.2, 0.25) is 0 Å². The van der Waals surface area contributed by atoms with Crippen molar-refractivity contribution in [1.82, 2.24) is 0 Å². The molecule has 140 valence electrons. The summed E-state index contributed by atoms with van der Waals surface area (Å²) >= 11 is 0. The third-order valence-electron chi connectivity index (χ3n) is 0.843. The second-order valence-electron chi connectivity index (χ2n) is 2.93. The third-order valence-corrected chi connectivity index (χ3v) is 0.843. The van der Waals surface area contributed by atoms with E-state index >= 15 is 0 Å². The van der Waals surface area contributed by atoms with E-state index in [1.165, 1.54) is 0 Å². The molecule has 0 aliphatic rings. The van der Waals surface area contributed by atoms with Crippen LogP contribution in [0.15, 0.2) is 0 Å². The summed E-state index contributed by atoms with van der Waals surface area (Å²) in [6.45, 7) is -1.46. The third kappa shape index (κ3) is 133. The van der Waals surface area contributed by atoms with Gasteiger partial charge >= 0.3 is 113 Å². The Labute approximate surface area is 233 Å². The van der Waals surface area contributed by atoms with Crippen LogP contribution in [0.4, 0.5) is 0 Å². The Balaban J connectivity index is -0.0000000333. The molecule has 6 N–H and O–H groups in total. The number of aliphatic hydroxyl groups is 6. The fraction of sp³-hybridized carbons (Fsp3) is 1.00. The van der Waals surface area contributed by atoms with Crippen molar-refractivity contribution in [2.45, 2.75) is 12.2 Å². The molecule has 0 unspecified atom stereocenters. The summed E-state index contributed by atoms with van der Waals surface area (Å²) < 4.78 is 17.1. The fourth-order valence-corrected chi connectivity index (χ4v) is 0.115. The van der Waals surface area contributed by atoms with E-state index in [4.69, 9.17) is 69.1 Å². The number of aliphatic hydroxyl groups excluding tert-OH is 6. The van der Waals surface area contributed by atoms with Gasteiger partial charge in [-0.15, -0.1) is 0 Å². The van der Waals surface area contributed by atoms with Gasteiger partial charge in [-0.1, -0.05) is 0 Å². The first-order valence-electron chi connectivity index (χ1n) is 4.87. The van der Waals surface area contributed by atoms with E-state index in [1.54, 1.807) is 0 Å². The van der Waals surface area contributed by atoms with Gasteiger partial charge in [0.15, 0.2) is 0 Å². The molecule has 0 aromatic carbocycles. The summed E-state index contributed by atoms with van der Waals surface area (Å²) in [5, 5.41) is 48.0. The molecule has 0 fully saturated rings. The first-order chi connectivity index (χ1) is 9.62. The molecule has 0 atom stereocenters. The number of hydrogen-bond acceptors (Lipinski definition) is 14. The van der Waals surface area contributed by atoms with Crippen LogP contribution in [-0.4, -0.2) is 182 Å². The van der Waals surface area contributed by atoms with Crippen molar-refractivity contribution in [1.29, 1.82) is 0 Å². The minimum absolute atomic E-state index is 0. The maximum atomic E-state index is 8.55. The molecular weight excluding hydrogens is 478 g/mol. The Morgan fingerprint density at radius 1 is 0.560 bits per heavy atom. The van der Waals surface area contributed by atoms with Gasteiger partial charge in [-0.25, -0.2) is 0 Å². The molecule has 0 saturated carbocycles. The number of phosphoric acid groups is 2. The van der Waals surface area contributed by atoms with Gasteiger partial charge in [-0.05, 0) is 0 Å². The molecule has 0 rings (SSSR count). The minimum Gasteiger partial charge on any atom is -0.822 e. The van der Waals surface area contributed by atoms with Gasteiger partial charge in [0, 0.05) is 0 Å². The molecule has 0 aromatic rings. The maximum Gasteiger partial charge on any atom is 2.00 e. The van der Waals surface area contributed by atoms with Gasteiger partial charge in [-0.2, -0.15) is 15.6 Å². The van der Waals surface area contributed by atoms with E-state index in [0.29, 0.717) is 0 Å². The molecule has 0 bridgehead atoms. The van der Waals surface area contributed by atoms with Crippen molar-refractivity contribution in [2.24, 2.45) is 0 Å². The van der Waals surface area contributed by atoms with E-state index in [2.05, 4.69) is 0 Å². The van der Waals surface area contributed by atoms with Gasteiger partial charge in [0.2, 0.25) is 0 Å². The summed E-state index contributed by atoms with van der Waals surface area (Å²) in [4.78, 5) is 51.3. The fourth-order valence-electron chi connectivity index (χ4n) is 0.115. The van der Waals surface area contributed by atoms with Crippen molar-refractivity contribution in [2.75, 3.05) is 26.4 Å². The number of rotatable bonds is 4. The zero-order valence-corrected chi connectivity index (χ0v) is 21.4. The SMILES string of the molecule is O=P([O-])([O-])[O-].O=P([O-])([O-])[O-].OCC(O)CO.OCC(O)CO.[Ca+2].[Ca+2].[Ca+2]. The van der Waals surface area contributed by atoms with Gasteiger partial charge in [0.25, 0.3) is 0 Å². The van der Waals surface area contributed by atoms with Gasteiger partial charge in [-0.3, -0.25) is 0 Å². The summed E-state index contributed by atoms with van der Waals surface area (Å²) in [5.74, 6) is 0. The van der Waals surface area contributed by atoms with Crippen LogP contribution in [0.5, 0.6) is 0 Å².